The van der Waals surface area contributed by atoms with Gasteiger partial charge in [-0.25, -0.2) is 4.39 Å². The number of rotatable bonds is 6. The minimum Gasteiger partial charge on any atom is -0.491 e. The van der Waals surface area contributed by atoms with Crippen LogP contribution in [0.2, 0.25) is 0 Å². The van der Waals surface area contributed by atoms with Crippen molar-refractivity contribution in [2.24, 2.45) is 17.8 Å². The van der Waals surface area contributed by atoms with Crippen LogP contribution in [-0.2, 0) is 4.79 Å². The second-order valence-corrected chi connectivity index (χ2v) is 7.62. The maximum absolute atomic E-state index is 14.4. The fourth-order valence-electron chi connectivity index (χ4n) is 4.61. The highest BCUT2D eigenvalue weighted by molar-refractivity contribution is 5.67. The molecule has 0 spiro atoms. The topological polar surface area (TPSA) is 26.3 Å². The number of carbonyl (C=O) groups excluding carboxylic acids is 1. The molecule has 1 saturated carbocycles. The van der Waals surface area contributed by atoms with Gasteiger partial charge in [0, 0.05) is 12.0 Å². The third kappa shape index (κ3) is 4.16. The maximum Gasteiger partial charge on any atom is 0.201 e. The van der Waals surface area contributed by atoms with Crippen molar-refractivity contribution >= 4 is 11.9 Å². The van der Waals surface area contributed by atoms with Crippen molar-refractivity contribution in [3.63, 3.8) is 0 Å². The summed E-state index contributed by atoms with van der Waals surface area (Å²) in [5.41, 5.74) is 1.29. The highest BCUT2D eigenvalue weighted by Gasteiger charge is 2.29. The fraction of sp³-hybridized carbons (Fsp3) is 0.591. The zero-order chi connectivity index (χ0) is 18.5. The molecule has 1 atom stereocenters. The average molecular weight is 362 g/mol. The summed E-state index contributed by atoms with van der Waals surface area (Å²) in [6.07, 6.45) is 11.3. The minimum absolute atomic E-state index is 0.0184. The highest BCUT2D eigenvalue weighted by Crippen LogP contribution is 2.42. The van der Waals surface area contributed by atoms with Crippen LogP contribution < -0.4 is 4.74 Å². The minimum atomic E-state index is -0.888. The van der Waals surface area contributed by atoms with Gasteiger partial charge in [-0.3, -0.25) is 0 Å². The zero-order valence-corrected chi connectivity index (χ0v) is 15.5. The largest absolute Gasteiger partial charge is 0.491 e. The molecule has 1 aromatic rings. The molecule has 3 rings (SSSR count). The molecule has 2 aliphatic rings. The Hall–Kier alpha value is -1.71. The molecule has 1 unspecified atom stereocenters. The van der Waals surface area contributed by atoms with Gasteiger partial charge >= 0.3 is 0 Å². The summed E-state index contributed by atoms with van der Waals surface area (Å²) in [5, 5.41) is 0. The Labute approximate surface area is 154 Å². The highest BCUT2D eigenvalue weighted by atomic mass is 19.2. The van der Waals surface area contributed by atoms with Gasteiger partial charge in [-0.15, -0.1) is 0 Å². The van der Waals surface area contributed by atoms with E-state index in [1.807, 2.05) is 0 Å². The third-order valence-corrected chi connectivity index (χ3v) is 6.13. The van der Waals surface area contributed by atoms with Crippen molar-refractivity contribution < 1.29 is 18.3 Å². The van der Waals surface area contributed by atoms with Crippen LogP contribution >= 0.6 is 0 Å². The quantitative estimate of drug-likeness (QED) is 0.585. The molecule has 1 aromatic carbocycles. The lowest BCUT2D eigenvalue weighted by Crippen LogP contribution is -2.23. The number of aldehydes is 1. The van der Waals surface area contributed by atoms with Crippen molar-refractivity contribution in [2.45, 2.75) is 58.3 Å². The van der Waals surface area contributed by atoms with Crippen molar-refractivity contribution in [1.29, 1.82) is 0 Å². The average Bonchev–Trinajstić information content (AvgIpc) is 2.67. The summed E-state index contributed by atoms with van der Waals surface area (Å²) in [6.45, 7) is 2.07. The van der Waals surface area contributed by atoms with Gasteiger partial charge in [-0.05, 0) is 87.3 Å². The van der Waals surface area contributed by atoms with E-state index in [0.29, 0.717) is 36.3 Å². The molecule has 0 radical (unpaired) electrons. The third-order valence-electron chi connectivity index (χ3n) is 6.13. The Kier molecular flexibility index (Phi) is 6.44. The lowest BCUT2D eigenvalue weighted by molar-refractivity contribution is -0.108. The summed E-state index contributed by atoms with van der Waals surface area (Å²) >= 11 is 0. The van der Waals surface area contributed by atoms with Gasteiger partial charge in [0.15, 0.2) is 11.6 Å². The first-order valence-corrected chi connectivity index (χ1v) is 9.87. The summed E-state index contributed by atoms with van der Waals surface area (Å²) in [7, 11) is 0. The van der Waals surface area contributed by atoms with E-state index >= 15 is 0 Å². The van der Waals surface area contributed by atoms with Crippen LogP contribution in [-0.4, -0.2) is 12.9 Å². The van der Waals surface area contributed by atoms with Crippen LogP contribution in [0.5, 0.6) is 5.75 Å². The van der Waals surface area contributed by atoms with Gasteiger partial charge in [0.2, 0.25) is 5.82 Å². The van der Waals surface area contributed by atoms with Crippen LogP contribution in [0, 0.1) is 29.4 Å². The van der Waals surface area contributed by atoms with Gasteiger partial charge in [-0.1, -0.05) is 6.08 Å². The van der Waals surface area contributed by atoms with E-state index in [-0.39, 0.29) is 5.75 Å². The van der Waals surface area contributed by atoms with E-state index in [2.05, 4.69) is 6.08 Å². The fourth-order valence-corrected chi connectivity index (χ4v) is 4.61. The molecule has 142 valence electrons. The first kappa shape index (κ1) is 19.1. The van der Waals surface area contributed by atoms with Crippen molar-refractivity contribution in [2.75, 3.05) is 6.61 Å². The molecule has 1 fully saturated rings. The smallest absolute Gasteiger partial charge is 0.201 e. The van der Waals surface area contributed by atoms with E-state index in [4.69, 9.17) is 4.74 Å². The predicted molar refractivity (Wildman–Crippen MR) is 99.0 cm³/mol. The van der Waals surface area contributed by atoms with Gasteiger partial charge in [-0.2, -0.15) is 4.39 Å². The van der Waals surface area contributed by atoms with Crippen LogP contribution in [0.25, 0.3) is 5.57 Å². The Bertz CT molecular complexity index is 660. The van der Waals surface area contributed by atoms with Gasteiger partial charge in [0.1, 0.15) is 6.29 Å². The van der Waals surface area contributed by atoms with Crippen LogP contribution in [0.15, 0.2) is 18.2 Å². The summed E-state index contributed by atoms with van der Waals surface area (Å²) in [4.78, 5) is 10.7. The zero-order valence-electron chi connectivity index (χ0n) is 15.5. The lowest BCUT2D eigenvalue weighted by Gasteiger charge is -2.35. The SMILES string of the molecule is CCOc1ccc(C2=CCC([C@H]3CC[C@H](CC=O)CC3)CC2)c(F)c1F. The number of carbonyl (C=O) groups is 1. The van der Waals surface area contributed by atoms with E-state index in [1.54, 1.807) is 13.0 Å². The van der Waals surface area contributed by atoms with Crippen molar-refractivity contribution in [3.05, 3.63) is 35.4 Å². The second-order valence-electron chi connectivity index (χ2n) is 7.62. The summed E-state index contributed by atoms with van der Waals surface area (Å²) < 4.78 is 33.7. The van der Waals surface area contributed by atoms with Crippen LogP contribution in [0.3, 0.4) is 0 Å². The Morgan fingerprint density at radius 1 is 1.08 bits per heavy atom. The van der Waals surface area contributed by atoms with E-state index < -0.39 is 11.6 Å². The molecule has 26 heavy (non-hydrogen) atoms. The molecule has 2 nitrogen and oxygen atoms in total. The van der Waals surface area contributed by atoms with E-state index in [9.17, 15) is 13.6 Å². The predicted octanol–water partition coefficient (Wildman–Crippen LogP) is 5.94. The first-order chi connectivity index (χ1) is 12.6. The molecule has 4 heteroatoms. The number of allylic oxidation sites excluding steroid dienone is 2. The number of halogens is 2. The van der Waals surface area contributed by atoms with Crippen molar-refractivity contribution in [3.8, 4) is 5.75 Å². The summed E-state index contributed by atoms with van der Waals surface area (Å²) in [6, 6.07) is 3.17. The Morgan fingerprint density at radius 3 is 2.46 bits per heavy atom. The number of hydrogen-bond donors (Lipinski definition) is 0. The molecular weight excluding hydrogens is 334 g/mol. The molecule has 0 saturated heterocycles. The number of hydrogen-bond acceptors (Lipinski definition) is 2. The molecular formula is C22H28F2O2. The molecule has 0 aliphatic heterocycles. The lowest BCUT2D eigenvalue weighted by atomic mass is 9.70. The standard InChI is InChI=1S/C22H28F2O2/c1-2-26-20-12-11-19(21(23)22(20)24)18-9-7-17(8-10-18)16-5-3-15(4-6-16)13-14-25/h9,11-12,14-17H,2-8,10,13H2,1H3/t15-,16-,17?. The van der Waals surface area contributed by atoms with E-state index in [0.717, 1.165) is 44.0 Å². The molecule has 0 N–H and O–H groups in total. The number of benzene rings is 1. The number of ether oxygens (including phenoxy) is 1. The molecule has 0 aromatic heterocycles. The maximum atomic E-state index is 14.4. The second kappa shape index (κ2) is 8.79. The first-order valence-electron chi connectivity index (χ1n) is 9.87. The van der Waals surface area contributed by atoms with Gasteiger partial charge in [0.05, 0.1) is 6.61 Å². The van der Waals surface area contributed by atoms with E-state index in [1.165, 1.54) is 18.9 Å². The molecule has 0 amide bonds. The molecule has 0 heterocycles. The van der Waals surface area contributed by atoms with Crippen LogP contribution in [0.1, 0.15) is 63.9 Å². The van der Waals surface area contributed by atoms with Gasteiger partial charge in [0.25, 0.3) is 0 Å². The van der Waals surface area contributed by atoms with Gasteiger partial charge < -0.3 is 9.53 Å². The molecule has 0 bridgehead atoms. The Balaban J connectivity index is 1.63. The normalized spacial score (nSPS) is 26.3. The summed E-state index contributed by atoms with van der Waals surface area (Å²) in [5.74, 6) is 0.203. The monoisotopic (exact) mass is 362 g/mol. The van der Waals surface area contributed by atoms with Crippen molar-refractivity contribution in [1.82, 2.24) is 0 Å². The Morgan fingerprint density at radius 2 is 1.85 bits per heavy atom. The van der Waals surface area contributed by atoms with Crippen LogP contribution in [0.4, 0.5) is 8.78 Å². The molecule has 2 aliphatic carbocycles.